The van der Waals surface area contributed by atoms with E-state index in [-0.39, 0.29) is 5.82 Å². The van der Waals surface area contributed by atoms with Gasteiger partial charge >= 0.3 is 5.97 Å². The molecule has 0 atom stereocenters. The Morgan fingerprint density at radius 1 is 1.21 bits per heavy atom. The number of nitrogens with one attached hydrogen (secondary N) is 1. The van der Waals surface area contributed by atoms with Gasteiger partial charge in [-0.25, -0.2) is 14.3 Å². The molecule has 2 aromatic rings. The van der Waals surface area contributed by atoms with Gasteiger partial charge in [0.05, 0.1) is 7.11 Å². The lowest BCUT2D eigenvalue weighted by atomic mass is 9.81. The van der Waals surface area contributed by atoms with Gasteiger partial charge in [0.2, 0.25) is 5.82 Å². The smallest absolute Gasteiger partial charge is 0.331 e. The number of rotatable bonds is 3. The van der Waals surface area contributed by atoms with E-state index in [1.807, 2.05) is 19.9 Å². The van der Waals surface area contributed by atoms with E-state index in [4.69, 9.17) is 4.74 Å². The topological polar surface area (TPSA) is 98.5 Å². The molecule has 0 saturated heterocycles. The third-order valence-corrected chi connectivity index (χ3v) is 4.46. The fourth-order valence-electron chi connectivity index (χ4n) is 3.27. The van der Waals surface area contributed by atoms with Gasteiger partial charge in [-0.3, -0.25) is 4.79 Å². The fraction of sp³-hybridized carbons (Fsp3) is 0.562. The molecular formula is C16H21N5O3. The highest BCUT2D eigenvalue weighted by Crippen LogP contribution is 2.29. The molecular weight excluding hydrogens is 310 g/mol. The predicted octanol–water partition coefficient (Wildman–Crippen LogP) is 1.35. The molecule has 8 heteroatoms. The van der Waals surface area contributed by atoms with Crippen molar-refractivity contribution in [3.8, 4) is 0 Å². The van der Waals surface area contributed by atoms with Crippen molar-refractivity contribution in [3.05, 3.63) is 23.3 Å². The van der Waals surface area contributed by atoms with E-state index in [2.05, 4.69) is 20.4 Å². The summed E-state index contributed by atoms with van der Waals surface area (Å²) in [4.78, 5) is 33.3. The van der Waals surface area contributed by atoms with Crippen LogP contribution in [0.1, 0.15) is 54.1 Å². The number of nitrogens with zero attached hydrogens (tertiary/aromatic N) is 4. The Labute approximate surface area is 139 Å². The molecule has 8 nitrogen and oxygen atoms in total. The second-order valence-electron chi connectivity index (χ2n) is 6.27. The maximum absolute atomic E-state index is 12.6. The van der Waals surface area contributed by atoms with Crippen molar-refractivity contribution in [1.82, 2.24) is 24.9 Å². The summed E-state index contributed by atoms with van der Waals surface area (Å²) < 4.78 is 6.43. The number of carbonyl (C=O) groups is 2. The number of fused-ring (bicyclic) bond motifs is 1. The van der Waals surface area contributed by atoms with Gasteiger partial charge < -0.3 is 10.1 Å². The minimum Gasteiger partial charge on any atom is -0.467 e. The molecule has 2 heterocycles. The van der Waals surface area contributed by atoms with Crippen LogP contribution in [0.4, 0.5) is 0 Å². The van der Waals surface area contributed by atoms with Crippen molar-refractivity contribution in [2.45, 2.75) is 51.5 Å². The second-order valence-corrected chi connectivity index (χ2v) is 6.27. The van der Waals surface area contributed by atoms with E-state index in [0.29, 0.717) is 18.6 Å². The maximum atomic E-state index is 12.6. The van der Waals surface area contributed by atoms with Crippen LogP contribution in [0.2, 0.25) is 0 Å². The molecule has 24 heavy (non-hydrogen) atoms. The molecule has 0 unspecified atom stereocenters. The molecule has 0 radical (unpaired) electrons. The number of amides is 1. The molecule has 0 spiro atoms. The van der Waals surface area contributed by atoms with Crippen molar-refractivity contribution in [2.24, 2.45) is 0 Å². The number of carbonyl (C=O) groups excluding carboxylic acids is 2. The highest BCUT2D eigenvalue weighted by Gasteiger charge is 2.42. The van der Waals surface area contributed by atoms with Gasteiger partial charge in [0.1, 0.15) is 5.54 Å². The molecule has 0 aromatic carbocycles. The first-order valence-corrected chi connectivity index (χ1v) is 8.07. The Hall–Kier alpha value is -2.51. The zero-order valence-electron chi connectivity index (χ0n) is 14.1. The highest BCUT2D eigenvalue weighted by molar-refractivity contribution is 5.95. The van der Waals surface area contributed by atoms with E-state index < -0.39 is 17.4 Å². The predicted molar refractivity (Wildman–Crippen MR) is 85.6 cm³/mol. The Bertz CT molecular complexity index is 792. The van der Waals surface area contributed by atoms with Crippen molar-refractivity contribution in [1.29, 1.82) is 0 Å². The lowest BCUT2D eigenvalue weighted by Crippen LogP contribution is -2.56. The van der Waals surface area contributed by atoms with E-state index in [1.54, 1.807) is 0 Å². The highest BCUT2D eigenvalue weighted by atomic mass is 16.5. The summed E-state index contributed by atoms with van der Waals surface area (Å²) in [6.07, 6.45) is 3.91. The molecule has 0 aliphatic heterocycles. The van der Waals surface area contributed by atoms with Crippen LogP contribution in [-0.4, -0.2) is 44.1 Å². The van der Waals surface area contributed by atoms with Crippen LogP contribution in [0.15, 0.2) is 6.07 Å². The summed E-state index contributed by atoms with van der Waals surface area (Å²) in [6.45, 7) is 3.73. The lowest BCUT2D eigenvalue weighted by Gasteiger charge is -2.34. The average Bonchev–Trinajstić information content (AvgIpc) is 2.99. The lowest BCUT2D eigenvalue weighted by molar-refractivity contribution is -0.149. The third-order valence-electron chi connectivity index (χ3n) is 4.46. The molecule has 128 valence electrons. The van der Waals surface area contributed by atoms with Crippen molar-refractivity contribution >= 4 is 17.7 Å². The van der Waals surface area contributed by atoms with Crippen LogP contribution in [0.5, 0.6) is 0 Å². The molecule has 0 bridgehead atoms. The Balaban J connectivity index is 1.90. The van der Waals surface area contributed by atoms with E-state index in [0.717, 1.165) is 30.7 Å². The number of ether oxygens (including phenoxy) is 1. The van der Waals surface area contributed by atoms with Gasteiger partial charge in [-0.15, -0.1) is 5.10 Å². The van der Waals surface area contributed by atoms with Crippen molar-refractivity contribution in [3.63, 3.8) is 0 Å². The van der Waals surface area contributed by atoms with Gasteiger partial charge in [0.25, 0.3) is 11.7 Å². The third kappa shape index (κ3) is 2.83. The van der Waals surface area contributed by atoms with Gasteiger partial charge in [0, 0.05) is 11.4 Å². The van der Waals surface area contributed by atoms with Gasteiger partial charge in [0.15, 0.2) is 0 Å². The molecule has 1 amide bonds. The zero-order valence-corrected chi connectivity index (χ0v) is 14.1. The van der Waals surface area contributed by atoms with Crippen LogP contribution in [0.3, 0.4) is 0 Å². The number of methoxy groups -OCH3 is 1. The molecule has 1 aliphatic rings. The van der Waals surface area contributed by atoms with Gasteiger partial charge in [-0.05, 0) is 32.8 Å². The fourth-order valence-corrected chi connectivity index (χ4v) is 3.27. The van der Waals surface area contributed by atoms with E-state index in [9.17, 15) is 9.59 Å². The summed E-state index contributed by atoms with van der Waals surface area (Å²) in [6, 6.07) is 1.86. The maximum Gasteiger partial charge on any atom is 0.331 e. The van der Waals surface area contributed by atoms with Gasteiger partial charge in [-0.2, -0.15) is 4.98 Å². The quantitative estimate of drug-likeness (QED) is 0.852. The van der Waals surface area contributed by atoms with Crippen molar-refractivity contribution < 1.29 is 14.3 Å². The summed E-state index contributed by atoms with van der Waals surface area (Å²) in [7, 11) is 1.34. The number of aryl methyl sites for hydroxylation is 2. The molecule has 1 N–H and O–H groups in total. The molecule has 3 rings (SSSR count). The number of esters is 1. The normalized spacial score (nSPS) is 16.8. The largest absolute Gasteiger partial charge is 0.467 e. The minimum absolute atomic E-state index is 0.00468. The SMILES string of the molecule is COC(=O)C1(NC(=O)c2nc3nc(C)cc(C)n3n2)CCCCC1. The van der Waals surface area contributed by atoms with E-state index in [1.165, 1.54) is 11.6 Å². The molecule has 1 fully saturated rings. The Morgan fingerprint density at radius 2 is 1.92 bits per heavy atom. The first-order chi connectivity index (χ1) is 11.4. The standard InChI is InChI=1S/C16H21N5O3/c1-10-9-11(2)21-15(17-10)18-12(20-21)13(22)19-16(14(23)24-3)7-5-4-6-8-16/h9H,4-8H2,1-3H3,(H,19,22). The molecule has 1 aliphatic carbocycles. The van der Waals surface area contributed by atoms with Gasteiger partial charge in [-0.1, -0.05) is 19.3 Å². The van der Waals surface area contributed by atoms with Crippen LogP contribution >= 0.6 is 0 Å². The van der Waals surface area contributed by atoms with Crippen LogP contribution in [0, 0.1) is 13.8 Å². The molecule has 1 saturated carbocycles. The summed E-state index contributed by atoms with van der Waals surface area (Å²) in [5.74, 6) is -0.521. The zero-order chi connectivity index (χ0) is 17.3. The Kier molecular flexibility index (Phi) is 4.21. The number of hydrogen-bond acceptors (Lipinski definition) is 6. The molecule has 2 aromatic heterocycles. The minimum atomic E-state index is -0.986. The first kappa shape index (κ1) is 16.4. The van der Waals surface area contributed by atoms with Crippen molar-refractivity contribution in [2.75, 3.05) is 7.11 Å². The van der Waals surface area contributed by atoms with Crippen LogP contribution < -0.4 is 5.32 Å². The monoisotopic (exact) mass is 331 g/mol. The summed E-state index contributed by atoms with van der Waals surface area (Å²) in [5, 5.41) is 7.03. The first-order valence-electron chi connectivity index (χ1n) is 8.07. The van der Waals surface area contributed by atoms with E-state index >= 15 is 0 Å². The number of aromatic nitrogens is 4. The summed E-state index contributed by atoms with van der Waals surface area (Å²) >= 11 is 0. The summed E-state index contributed by atoms with van der Waals surface area (Å²) in [5.41, 5.74) is 0.655. The number of hydrogen-bond donors (Lipinski definition) is 1. The van der Waals surface area contributed by atoms with Crippen LogP contribution in [0.25, 0.3) is 5.78 Å². The Morgan fingerprint density at radius 3 is 2.58 bits per heavy atom. The second kappa shape index (κ2) is 6.18. The van der Waals surface area contributed by atoms with Crippen LogP contribution in [-0.2, 0) is 9.53 Å². The average molecular weight is 331 g/mol.